The Kier molecular flexibility index (Phi) is 6.57. The van der Waals surface area contributed by atoms with Gasteiger partial charge in [0.2, 0.25) is 0 Å². The molecular weight excluding hydrogens is 478 g/mol. The molecule has 1 saturated carbocycles. The molecule has 3 aromatic rings. The van der Waals surface area contributed by atoms with Gasteiger partial charge in [0.15, 0.2) is 6.23 Å². The van der Waals surface area contributed by atoms with Crippen molar-refractivity contribution in [1.29, 1.82) is 0 Å². The van der Waals surface area contributed by atoms with Crippen molar-refractivity contribution >= 4 is 27.0 Å². The number of benzene rings is 2. The lowest BCUT2D eigenvalue weighted by Crippen LogP contribution is -2.39. The predicted octanol–water partition coefficient (Wildman–Crippen LogP) is 4.80. The number of nitrogens with zero attached hydrogens (tertiary/aromatic N) is 2. The summed E-state index contributed by atoms with van der Waals surface area (Å²) in [6, 6.07) is 11.6. The number of hydrogen-bond donors (Lipinski definition) is 1. The molecule has 0 radical (unpaired) electrons. The van der Waals surface area contributed by atoms with Crippen LogP contribution in [-0.2, 0) is 14.9 Å². The largest absolute Gasteiger partial charge is 0.497 e. The van der Waals surface area contributed by atoms with Crippen LogP contribution in [0.25, 0.3) is 22.2 Å². The van der Waals surface area contributed by atoms with E-state index in [4.69, 9.17) is 9.47 Å². The minimum atomic E-state index is -3.90. The Balaban J connectivity index is 1.72. The normalized spacial score (nSPS) is 17.9. The van der Waals surface area contributed by atoms with Crippen LogP contribution in [0.1, 0.15) is 72.7 Å². The van der Waals surface area contributed by atoms with Gasteiger partial charge in [-0.2, -0.15) is 12.7 Å². The van der Waals surface area contributed by atoms with Gasteiger partial charge in [0.05, 0.1) is 18.3 Å². The van der Waals surface area contributed by atoms with E-state index in [9.17, 15) is 13.2 Å². The highest BCUT2D eigenvalue weighted by Crippen LogP contribution is 2.52. The van der Waals surface area contributed by atoms with Crippen molar-refractivity contribution in [2.45, 2.75) is 51.2 Å². The van der Waals surface area contributed by atoms with Crippen LogP contribution in [0, 0.1) is 0 Å². The maximum absolute atomic E-state index is 13.0. The number of methoxy groups -OCH3 is 1. The minimum absolute atomic E-state index is 0.284. The van der Waals surface area contributed by atoms with E-state index >= 15 is 0 Å². The Hall–Kier alpha value is -2.88. The lowest BCUT2D eigenvalue weighted by Gasteiger charge is -2.23. The number of rotatable bonds is 7. The summed E-state index contributed by atoms with van der Waals surface area (Å²) >= 11 is 0. The van der Waals surface area contributed by atoms with E-state index in [1.165, 1.54) is 38.9 Å². The molecule has 1 aliphatic carbocycles. The van der Waals surface area contributed by atoms with Crippen molar-refractivity contribution < 1.29 is 22.7 Å². The maximum Gasteiger partial charge on any atom is 0.303 e. The van der Waals surface area contributed by atoms with Gasteiger partial charge >= 0.3 is 10.2 Å². The second kappa shape index (κ2) is 9.53. The molecule has 1 N–H and O–H groups in total. The van der Waals surface area contributed by atoms with Crippen LogP contribution >= 0.6 is 0 Å². The third kappa shape index (κ3) is 4.09. The molecule has 0 bridgehead atoms. The van der Waals surface area contributed by atoms with Crippen molar-refractivity contribution in [2.75, 3.05) is 27.8 Å². The van der Waals surface area contributed by atoms with E-state index < -0.39 is 16.1 Å². The third-order valence-corrected chi connectivity index (χ3v) is 8.77. The average Bonchev–Trinajstić information content (AvgIpc) is 3.36. The van der Waals surface area contributed by atoms with Crippen LogP contribution in [0.2, 0.25) is 0 Å². The van der Waals surface area contributed by atoms with E-state index in [-0.39, 0.29) is 11.8 Å². The van der Waals surface area contributed by atoms with E-state index in [2.05, 4.69) is 15.4 Å². The summed E-state index contributed by atoms with van der Waals surface area (Å²) in [6.07, 6.45) is 5.54. The molecular formula is C27H33N3O5S. The summed E-state index contributed by atoms with van der Waals surface area (Å²) in [5, 5.41) is 1.09. The van der Waals surface area contributed by atoms with Gasteiger partial charge in [-0.25, -0.2) is 4.72 Å². The molecule has 0 saturated heterocycles. The first-order valence-corrected chi connectivity index (χ1v) is 13.9. The topological polar surface area (TPSA) is 89.9 Å². The van der Waals surface area contributed by atoms with Crippen LogP contribution in [0.4, 0.5) is 0 Å². The van der Waals surface area contributed by atoms with Crippen molar-refractivity contribution in [2.24, 2.45) is 0 Å². The zero-order valence-electron chi connectivity index (χ0n) is 21.2. The smallest absolute Gasteiger partial charge is 0.303 e. The van der Waals surface area contributed by atoms with Crippen LogP contribution in [0.5, 0.6) is 5.75 Å². The molecule has 1 amide bonds. The zero-order valence-corrected chi connectivity index (χ0v) is 22.0. The number of hydrogen-bond acceptors (Lipinski definition) is 5. The Labute approximate surface area is 212 Å². The summed E-state index contributed by atoms with van der Waals surface area (Å²) in [5.41, 5.74) is 5.74. The molecule has 2 heterocycles. The van der Waals surface area contributed by atoms with Crippen LogP contribution in [-0.4, -0.2) is 51.0 Å². The fourth-order valence-corrected chi connectivity index (χ4v) is 6.15. The number of nitrogens with one attached hydrogen (secondary N) is 1. The second-order valence-electron chi connectivity index (χ2n) is 9.68. The van der Waals surface area contributed by atoms with Gasteiger partial charge in [0.25, 0.3) is 5.91 Å². The Morgan fingerprint density at radius 1 is 1.11 bits per heavy atom. The SMILES string of the molecule is CCOC1c2cc(OC)ccc2-c2c(C3CCCCC3)c3ccc(C(=O)NS(=O)(=O)N(C)C)cc3n21. The zero-order chi connectivity index (χ0) is 25.6. The first-order valence-electron chi connectivity index (χ1n) is 12.5. The Morgan fingerprint density at radius 3 is 2.53 bits per heavy atom. The van der Waals surface area contributed by atoms with Crippen molar-refractivity contribution in [3.8, 4) is 17.0 Å². The fourth-order valence-electron chi connectivity index (χ4n) is 5.62. The number of carbonyl (C=O) groups is 1. The van der Waals surface area contributed by atoms with Gasteiger partial charge in [-0.1, -0.05) is 25.3 Å². The van der Waals surface area contributed by atoms with Crippen LogP contribution < -0.4 is 9.46 Å². The number of fused-ring (bicyclic) bond motifs is 5. The first-order chi connectivity index (χ1) is 17.3. The molecule has 1 fully saturated rings. The molecule has 2 aliphatic rings. The number of aromatic nitrogens is 1. The highest BCUT2D eigenvalue weighted by Gasteiger charge is 2.37. The second-order valence-corrected chi connectivity index (χ2v) is 11.6. The first kappa shape index (κ1) is 24.8. The molecule has 36 heavy (non-hydrogen) atoms. The average molecular weight is 512 g/mol. The molecule has 8 nitrogen and oxygen atoms in total. The third-order valence-electron chi connectivity index (χ3n) is 7.36. The van der Waals surface area contributed by atoms with Crippen molar-refractivity contribution in [3.63, 3.8) is 0 Å². The number of carbonyl (C=O) groups excluding carboxylic acids is 1. The van der Waals surface area contributed by atoms with E-state index in [1.54, 1.807) is 19.2 Å². The molecule has 2 aromatic carbocycles. The molecule has 1 atom stereocenters. The summed E-state index contributed by atoms with van der Waals surface area (Å²) in [4.78, 5) is 13.0. The lowest BCUT2D eigenvalue weighted by atomic mass is 9.81. The summed E-state index contributed by atoms with van der Waals surface area (Å²) in [5.74, 6) is 0.522. The summed E-state index contributed by atoms with van der Waals surface area (Å²) in [7, 11) is 0.515. The van der Waals surface area contributed by atoms with Gasteiger partial charge < -0.3 is 14.0 Å². The standard InChI is InChI=1S/C27H33N3O5S/c1-5-35-27-22-16-19(34-4)12-14-20(22)25-24(17-9-7-6-8-10-17)21-13-11-18(15-23(21)30(25)27)26(31)28-36(32,33)29(2)3/h11-17,27H,5-10H2,1-4H3,(H,28,31). The van der Waals surface area contributed by atoms with Crippen molar-refractivity contribution in [1.82, 2.24) is 13.6 Å². The van der Waals surface area contributed by atoms with Gasteiger partial charge in [0, 0.05) is 42.8 Å². The van der Waals surface area contributed by atoms with Gasteiger partial charge in [-0.05, 0) is 61.6 Å². The van der Waals surface area contributed by atoms with Gasteiger partial charge in [0.1, 0.15) is 5.75 Å². The number of ether oxygens (including phenoxy) is 2. The predicted molar refractivity (Wildman–Crippen MR) is 140 cm³/mol. The van der Waals surface area contributed by atoms with E-state index in [0.29, 0.717) is 12.5 Å². The molecule has 9 heteroatoms. The molecule has 1 aliphatic heterocycles. The van der Waals surface area contributed by atoms with Crippen LogP contribution in [0.3, 0.4) is 0 Å². The van der Waals surface area contributed by atoms with Gasteiger partial charge in [-0.3, -0.25) is 4.79 Å². The van der Waals surface area contributed by atoms with Crippen molar-refractivity contribution in [3.05, 3.63) is 53.1 Å². The monoisotopic (exact) mass is 511 g/mol. The molecule has 192 valence electrons. The fraction of sp³-hybridized carbons (Fsp3) is 0.444. The highest BCUT2D eigenvalue weighted by atomic mass is 32.2. The quantitative estimate of drug-likeness (QED) is 0.492. The molecule has 0 spiro atoms. The highest BCUT2D eigenvalue weighted by molar-refractivity contribution is 7.87. The number of amides is 1. The van der Waals surface area contributed by atoms with E-state index in [0.717, 1.165) is 50.6 Å². The minimum Gasteiger partial charge on any atom is -0.497 e. The van der Waals surface area contributed by atoms with Gasteiger partial charge in [-0.15, -0.1) is 0 Å². The lowest BCUT2D eigenvalue weighted by molar-refractivity contribution is 0.0496. The molecule has 1 aromatic heterocycles. The Bertz CT molecular complexity index is 1420. The Morgan fingerprint density at radius 2 is 1.86 bits per heavy atom. The van der Waals surface area contributed by atoms with E-state index in [1.807, 2.05) is 25.1 Å². The summed E-state index contributed by atoms with van der Waals surface area (Å²) in [6.45, 7) is 2.48. The maximum atomic E-state index is 13.0. The molecule has 1 unspecified atom stereocenters. The van der Waals surface area contributed by atoms with Crippen LogP contribution in [0.15, 0.2) is 36.4 Å². The summed E-state index contributed by atoms with van der Waals surface area (Å²) < 4.78 is 41.7. The molecule has 5 rings (SSSR count).